The molecule has 0 bridgehead atoms. The first-order valence-corrected chi connectivity index (χ1v) is 7.91. The molecule has 1 unspecified atom stereocenters. The molecule has 6 nitrogen and oxygen atoms in total. The van der Waals surface area contributed by atoms with Crippen molar-refractivity contribution in [3.8, 4) is 5.75 Å². The number of hydrogen-bond donors (Lipinski definition) is 1. The first-order valence-electron chi connectivity index (χ1n) is 7.91. The minimum atomic E-state index is -0.901. The number of hydrogen-bond acceptors (Lipinski definition) is 5. The van der Waals surface area contributed by atoms with Gasteiger partial charge in [-0.05, 0) is 52.4 Å². The van der Waals surface area contributed by atoms with E-state index in [4.69, 9.17) is 9.26 Å². The SMILES string of the molecule is Cc1noc(C)c1CN(C)C(C(=O)O)c1ccc(OC(C)C)cc1. The average Bonchev–Trinajstić information content (AvgIpc) is 2.80. The van der Waals surface area contributed by atoms with Gasteiger partial charge in [0.05, 0.1) is 11.8 Å². The molecule has 0 fully saturated rings. The van der Waals surface area contributed by atoms with Gasteiger partial charge in [0.15, 0.2) is 0 Å². The molecule has 6 heteroatoms. The maximum Gasteiger partial charge on any atom is 0.325 e. The Morgan fingerprint density at radius 3 is 2.38 bits per heavy atom. The summed E-state index contributed by atoms with van der Waals surface area (Å²) in [6.07, 6.45) is 0.0772. The van der Waals surface area contributed by atoms with Crippen LogP contribution in [0.2, 0.25) is 0 Å². The van der Waals surface area contributed by atoms with Gasteiger partial charge in [0.25, 0.3) is 0 Å². The van der Waals surface area contributed by atoms with Crippen LogP contribution in [0.5, 0.6) is 5.75 Å². The third kappa shape index (κ3) is 4.14. The lowest BCUT2D eigenvalue weighted by Gasteiger charge is -2.25. The van der Waals surface area contributed by atoms with Crippen LogP contribution < -0.4 is 4.74 Å². The van der Waals surface area contributed by atoms with Gasteiger partial charge in [-0.25, -0.2) is 0 Å². The summed E-state index contributed by atoms with van der Waals surface area (Å²) in [7, 11) is 1.78. The summed E-state index contributed by atoms with van der Waals surface area (Å²) in [6.45, 7) is 8.03. The fourth-order valence-corrected chi connectivity index (χ4v) is 2.65. The van der Waals surface area contributed by atoms with E-state index in [-0.39, 0.29) is 6.10 Å². The van der Waals surface area contributed by atoms with Crippen LogP contribution in [-0.4, -0.2) is 34.3 Å². The van der Waals surface area contributed by atoms with Crippen molar-refractivity contribution in [3.63, 3.8) is 0 Å². The van der Waals surface area contributed by atoms with E-state index < -0.39 is 12.0 Å². The van der Waals surface area contributed by atoms with E-state index >= 15 is 0 Å². The molecule has 0 radical (unpaired) electrons. The Labute approximate surface area is 142 Å². The number of aryl methyl sites for hydroxylation is 2. The van der Waals surface area contributed by atoms with Gasteiger partial charge in [-0.15, -0.1) is 0 Å². The Morgan fingerprint density at radius 1 is 1.29 bits per heavy atom. The van der Waals surface area contributed by atoms with Crippen molar-refractivity contribution in [2.45, 2.75) is 46.4 Å². The van der Waals surface area contributed by atoms with Gasteiger partial charge in [0.2, 0.25) is 0 Å². The van der Waals surface area contributed by atoms with E-state index in [0.29, 0.717) is 17.9 Å². The molecule has 2 aromatic rings. The van der Waals surface area contributed by atoms with E-state index in [1.54, 1.807) is 36.2 Å². The molecule has 0 amide bonds. The number of rotatable bonds is 7. The van der Waals surface area contributed by atoms with E-state index in [1.165, 1.54) is 0 Å². The molecule has 24 heavy (non-hydrogen) atoms. The van der Waals surface area contributed by atoms with Gasteiger partial charge in [0, 0.05) is 12.1 Å². The molecule has 0 spiro atoms. The molecule has 0 saturated carbocycles. The molecule has 0 aliphatic rings. The molecule has 1 heterocycles. The second kappa shape index (κ2) is 7.49. The van der Waals surface area contributed by atoms with Crippen LogP contribution in [0.25, 0.3) is 0 Å². The van der Waals surface area contributed by atoms with Crippen LogP contribution in [0.4, 0.5) is 0 Å². The highest BCUT2D eigenvalue weighted by molar-refractivity contribution is 5.75. The molecule has 1 aromatic heterocycles. The third-order valence-electron chi connectivity index (χ3n) is 3.83. The van der Waals surface area contributed by atoms with Crippen LogP contribution in [0.15, 0.2) is 28.8 Å². The molecule has 1 aromatic carbocycles. The summed E-state index contributed by atoms with van der Waals surface area (Å²) in [5.74, 6) is 0.539. The van der Waals surface area contributed by atoms with Crippen molar-refractivity contribution in [2.75, 3.05) is 7.05 Å². The molecule has 1 atom stereocenters. The topological polar surface area (TPSA) is 75.8 Å². The predicted octanol–water partition coefficient (Wildman–Crippen LogP) is 3.34. The van der Waals surface area contributed by atoms with Gasteiger partial charge >= 0.3 is 5.97 Å². The van der Waals surface area contributed by atoms with E-state index in [1.807, 2.05) is 27.7 Å². The molecule has 1 N–H and O–H groups in total. The van der Waals surface area contributed by atoms with Crippen LogP contribution in [0.3, 0.4) is 0 Å². The largest absolute Gasteiger partial charge is 0.491 e. The maximum atomic E-state index is 11.8. The van der Waals surface area contributed by atoms with Crippen LogP contribution >= 0.6 is 0 Å². The smallest absolute Gasteiger partial charge is 0.325 e. The minimum Gasteiger partial charge on any atom is -0.491 e. The van der Waals surface area contributed by atoms with Gasteiger partial charge in [0.1, 0.15) is 17.6 Å². The van der Waals surface area contributed by atoms with Crippen LogP contribution in [0.1, 0.15) is 42.5 Å². The lowest BCUT2D eigenvalue weighted by atomic mass is 10.0. The highest BCUT2D eigenvalue weighted by Crippen LogP contribution is 2.26. The highest BCUT2D eigenvalue weighted by Gasteiger charge is 2.26. The summed E-state index contributed by atoms with van der Waals surface area (Å²) in [5.41, 5.74) is 2.40. The lowest BCUT2D eigenvalue weighted by molar-refractivity contribution is -0.143. The van der Waals surface area contributed by atoms with Crippen molar-refractivity contribution < 1.29 is 19.2 Å². The molecule has 0 aliphatic carbocycles. The first-order chi connectivity index (χ1) is 11.3. The number of carbonyl (C=O) groups is 1. The average molecular weight is 332 g/mol. The second-order valence-electron chi connectivity index (χ2n) is 6.19. The lowest BCUT2D eigenvalue weighted by Crippen LogP contribution is -2.30. The van der Waals surface area contributed by atoms with E-state index in [0.717, 1.165) is 17.0 Å². The normalized spacial score (nSPS) is 12.6. The summed E-state index contributed by atoms with van der Waals surface area (Å²) in [6, 6.07) is 6.43. The Kier molecular flexibility index (Phi) is 5.62. The third-order valence-corrected chi connectivity index (χ3v) is 3.83. The summed E-state index contributed by atoms with van der Waals surface area (Å²) >= 11 is 0. The predicted molar refractivity (Wildman–Crippen MR) is 90.0 cm³/mol. The molecular weight excluding hydrogens is 308 g/mol. The van der Waals surface area contributed by atoms with Gasteiger partial charge in [-0.3, -0.25) is 9.69 Å². The van der Waals surface area contributed by atoms with Gasteiger partial charge < -0.3 is 14.4 Å². The fourth-order valence-electron chi connectivity index (χ4n) is 2.65. The fraction of sp³-hybridized carbons (Fsp3) is 0.444. The number of aliphatic carboxylic acids is 1. The monoisotopic (exact) mass is 332 g/mol. The maximum absolute atomic E-state index is 11.8. The standard InChI is InChI=1S/C18H24N2O4/c1-11(2)23-15-8-6-14(7-9-15)17(18(21)22)20(5)10-16-12(3)19-24-13(16)4/h6-9,11,17H,10H2,1-5H3,(H,21,22). The second-order valence-corrected chi connectivity index (χ2v) is 6.19. The molecule has 0 aliphatic heterocycles. The molecular formula is C18H24N2O4. The molecule has 0 saturated heterocycles. The zero-order valence-electron chi connectivity index (χ0n) is 14.7. The molecule has 130 valence electrons. The van der Waals surface area contributed by atoms with Crippen molar-refractivity contribution in [1.82, 2.24) is 10.1 Å². The number of nitrogens with zero attached hydrogens (tertiary/aromatic N) is 2. The van der Waals surface area contributed by atoms with Crippen LogP contribution in [0, 0.1) is 13.8 Å². The Balaban J connectivity index is 2.21. The van der Waals surface area contributed by atoms with Crippen molar-refractivity contribution in [3.05, 3.63) is 46.8 Å². The number of likely N-dealkylation sites (N-methyl/N-ethyl adjacent to an activating group) is 1. The summed E-state index contributed by atoms with van der Waals surface area (Å²) in [5, 5.41) is 13.6. The van der Waals surface area contributed by atoms with Crippen LogP contribution in [-0.2, 0) is 11.3 Å². The van der Waals surface area contributed by atoms with E-state index in [9.17, 15) is 9.90 Å². The van der Waals surface area contributed by atoms with Crippen molar-refractivity contribution >= 4 is 5.97 Å². The summed E-state index contributed by atoms with van der Waals surface area (Å²) < 4.78 is 10.8. The number of ether oxygens (including phenoxy) is 1. The number of carboxylic acid groups (broad SMARTS) is 1. The number of carboxylic acids is 1. The quantitative estimate of drug-likeness (QED) is 0.838. The Morgan fingerprint density at radius 2 is 1.92 bits per heavy atom. The minimum absolute atomic E-state index is 0.0772. The van der Waals surface area contributed by atoms with Crippen molar-refractivity contribution in [2.24, 2.45) is 0 Å². The first kappa shape index (κ1) is 18.0. The van der Waals surface area contributed by atoms with Gasteiger partial charge in [-0.1, -0.05) is 17.3 Å². The highest BCUT2D eigenvalue weighted by atomic mass is 16.5. The van der Waals surface area contributed by atoms with Gasteiger partial charge in [-0.2, -0.15) is 0 Å². The Bertz CT molecular complexity index is 672. The molecule has 2 rings (SSSR count). The summed E-state index contributed by atoms with van der Waals surface area (Å²) in [4.78, 5) is 13.6. The zero-order chi connectivity index (χ0) is 17.9. The Hall–Kier alpha value is -2.34. The van der Waals surface area contributed by atoms with Crippen molar-refractivity contribution in [1.29, 1.82) is 0 Å². The zero-order valence-corrected chi connectivity index (χ0v) is 14.7. The number of aromatic nitrogens is 1. The number of benzene rings is 1. The van der Waals surface area contributed by atoms with E-state index in [2.05, 4.69) is 5.16 Å².